The Morgan fingerprint density at radius 3 is 2.13 bits per heavy atom. The van der Waals surface area contributed by atoms with Gasteiger partial charge < -0.3 is 0 Å². The molecule has 0 spiro atoms. The lowest BCUT2D eigenvalue weighted by Crippen LogP contribution is -1.96. The van der Waals surface area contributed by atoms with Crippen molar-refractivity contribution in [3.63, 3.8) is 0 Å². The first-order valence-corrected chi connectivity index (χ1v) is 5.23. The Hall–Kier alpha value is -1.55. The van der Waals surface area contributed by atoms with Crippen molar-refractivity contribution in [1.29, 1.82) is 5.26 Å². The SMILES string of the molecule is Cc1cc(/C=C/C#N)cc(C)c1C(C)C. The van der Waals surface area contributed by atoms with E-state index in [1.54, 1.807) is 0 Å². The third-order valence-electron chi connectivity index (χ3n) is 2.54. The minimum Gasteiger partial charge on any atom is -0.193 e. The Morgan fingerprint density at radius 1 is 1.20 bits per heavy atom. The van der Waals surface area contributed by atoms with Crippen LogP contribution in [0.3, 0.4) is 0 Å². The number of benzene rings is 1. The van der Waals surface area contributed by atoms with E-state index in [1.165, 1.54) is 22.8 Å². The van der Waals surface area contributed by atoms with Crippen molar-refractivity contribution in [3.05, 3.63) is 40.5 Å². The van der Waals surface area contributed by atoms with Crippen molar-refractivity contribution in [3.8, 4) is 6.07 Å². The van der Waals surface area contributed by atoms with E-state index in [0.29, 0.717) is 5.92 Å². The van der Waals surface area contributed by atoms with Gasteiger partial charge in [-0.15, -0.1) is 0 Å². The van der Waals surface area contributed by atoms with Crippen LogP contribution >= 0.6 is 0 Å². The van der Waals surface area contributed by atoms with Gasteiger partial charge in [-0.2, -0.15) is 5.26 Å². The van der Waals surface area contributed by atoms with Gasteiger partial charge in [0.2, 0.25) is 0 Å². The molecule has 0 aliphatic heterocycles. The molecule has 0 bridgehead atoms. The smallest absolute Gasteiger partial charge is 0.0912 e. The molecule has 0 amide bonds. The summed E-state index contributed by atoms with van der Waals surface area (Å²) in [6.45, 7) is 8.68. The summed E-state index contributed by atoms with van der Waals surface area (Å²) in [5.74, 6) is 0.555. The van der Waals surface area contributed by atoms with Crippen LogP contribution in [-0.2, 0) is 0 Å². The molecule has 1 nitrogen and oxygen atoms in total. The summed E-state index contributed by atoms with van der Waals surface area (Å²) in [6, 6.07) is 6.28. The molecule has 0 aliphatic rings. The lowest BCUT2D eigenvalue weighted by Gasteiger charge is -2.14. The molecule has 0 fully saturated rings. The van der Waals surface area contributed by atoms with Crippen LogP contribution in [-0.4, -0.2) is 0 Å². The largest absolute Gasteiger partial charge is 0.193 e. The third kappa shape index (κ3) is 2.70. The molecule has 0 unspecified atom stereocenters. The first-order valence-electron chi connectivity index (χ1n) is 5.23. The molecule has 1 aromatic rings. The number of aryl methyl sites for hydroxylation is 2. The van der Waals surface area contributed by atoms with E-state index in [0.717, 1.165) is 5.56 Å². The summed E-state index contributed by atoms with van der Waals surface area (Å²) in [5, 5.41) is 8.47. The highest BCUT2D eigenvalue weighted by atomic mass is 14.2. The number of nitrogens with zero attached hydrogens (tertiary/aromatic N) is 1. The average Bonchev–Trinajstić information content (AvgIpc) is 2.12. The van der Waals surface area contributed by atoms with Crippen molar-refractivity contribution in [2.45, 2.75) is 33.6 Å². The third-order valence-corrected chi connectivity index (χ3v) is 2.54. The van der Waals surface area contributed by atoms with Gasteiger partial charge in [0, 0.05) is 6.08 Å². The fourth-order valence-corrected chi connectivity index (χ4v) is 2.15. The van der Waals surface area contributed by atoms with Crippen molar-refractivity contribution in [1.82, 2.24) is 0 Å². The summed E-state index contributed by atoms with van der Waals surface area (Å²) >= 11 is 0. The van der Waals surface area contributed by atoms with E-state index in [4.69, 9.17) is 5.26 Å². The molecule has 78 valence electrons. The zero-order chi connectivity index (χ0) is 11.4. The highest BCUT2D eigenvalue weighted by Gasteiger charge is 2.07. The molecule has 1 heteroatoms. The van der Waals surface area contributed by atoms with Crippen LogP contribution < -0.4 is 0 Å². The van der Waals surface area contributed by atoms with E-state index in [2.05, 4.69) is 39.8 Å². The van der Waals surface area contributed by atoms with Crippen molar-refractivity contribution in [2.75, 3.05) is 0 Å². The van der Waals surface area contributed by atoms with E-state index in [1.807, 2.05) is 12.1 Å². The maximum Gasteiger partial charge on any atom is 0.0912 e. The summed E-state index contributed by atoms with van der Waals surface area (Å²) < 4.78 is 0. The van der Waals surface area contributed by atoms with E-state index >= 15 is 0 Å². The number of rotatable bonds is 2. The lowest BCUT2D eigenvalue weighted by molar-refractivity contribution is 0.846. The normalized spacial score (nSPS) is 10.9. The fourth-order valence-electron chi connectivity index (χ4n) is 2.15. The summed E-state index contributed by atoms with van der Waals surface area (Å²) in [6.07, 6.45) is 3.37. The highest BCUT2D eigenvalue weighted by molar-refractivity contribution is 5.56. The predicted molar refractivity (Wildman–Crippen MR) is 64.7 cm³/mol. The zero-order valence-electron chi connectivity index (χ0n) is 9.83. The van der Waals surface area contributed by atoms with Gasteiger partial charge in [-0.1, -0.05) is 26.0 Å². The van der Waals surface area contributed by atoms with E-state index in [9.17, 15) is 0 Å². The summed E-state index contributed by atoms with van der Waals surface area (Å²) in [4.78, 5) is 0. The predicted octanol–water partition coefficient (Wildman–Crippen LogP) is 3.96. The Morgan fingerprint density at radius 2 is 1.73 bits per heavy atom. The molecule has 1 aromatic carbocycles. The first kappa shape index (κ1) is 11.5. The van der Waals surface area contributed by atoms with Gasteiger partial charge in [0.05, 0.1) is 6.07 Å². The van der Waals surface area contributed by atoms with Gasteiger partial charge in [-0.05, 0) is 48.1 Å². The van der Waals surface area contributed by atoms with Gasteiger partial charge in [0.25, 0.3) is 0 Å². The molecule has 0 atom stereocenters. The van der Waals surface area contributed by atoms with Gasteiger partial charge in [0.15, 0.2) is 0 Å². The van der Waals surface area contributed by atoms with E-state index < -0.39 is 0 Å². The molecule has 0 radical (unpaired) electrons. The number of nitriles is 1. The summed E-state index contributed by atoms with van der Waals surface area (Å²) in [5.41, 5.74) is 5.14. The van der Waals surface area contributed by atoms with Crippen LogP contribution in [0.1, 0.15) is 42.0 Å². The second-order valence-corrected chi connectivity index (χ2v) is 4.19. The second-order valence-electron chi connectivity index (χ2n) is 4.19. The van der Waals surface area contributed by atoms with Crippen LogP contribution in [0.2, 0.25) is 0 Å². The zero-order valence-corrected chi connectivity index (χ0v) is 9.83. The van der Waals surface area contributed by atoms with Crippen LogP contribution in [0.5, 0.6) is 0 Å². The van der Waals surface area contributed by atoms with Crippen LogP contribution in [0.25, 0.3) is 6.08 Å². The highest BCUT2D eigenvalue weighted by Crippen LogP contribution is 2.24. The maximum absolute atomic E-state index is 8.47. The monoisotopic (exact) mass is 199 g/mol. The molecule has 15 heavy (non-hydrogen) atoms. The first-order chi connectivity index (χ1) is 7.06. The number of allylic oxidation sites excluding steroid dienone is 1. The molecule has 0 aliphatic carbocycles. The molecule has 0 saturated carbocycles. The Kier molecular flexibility index (Phi) is 3.68. The number of hydrogen-bond acceptors (Lipinski definition) is 1. The van der Waals surface area contributed by atoms with Gasteiger partial charge in [-0.3, -0.25) is 0 Å². The Balaban J connectivity index is 3.21. The van der Waals surface area contributed by atoms with Crippen LogP contribution in [0.15, 0.2) is 18.2 Å². The molecular formula is C14H17N. The minimum absolute atomic E-state index is 0.555. The maximum atomic E-state index is 8.47. The van der Waals surface area contributed by atoms with Gasteiger partial charge in [0.1, 0.15) is 0 Å². The second kappa shape index (κ2) is 4.79. The average molecular weight is 199 g/mol. The van der Waals surface area contributed by atoms with Crippen molar-refractivity contribution >= 4 is 6.08 Å². The number of hydrogen-bond donors (Lipinski definition) is 0. The molecule has 0 N–H and O–H groups in total. The van der Waals surface area contributed by atoms with Crippen LogP contribution in [0, 0.1) is 25.2 Å². The summed E-state index contributed by atoms with van der Waals surface area (Å²) in [7, 11) is 0. The van der Waals surface area contributed by atoms with Gasteiger partial charge >= 0.3 is 0 Å². The molecule has 0 heterocycles. The van der Waals surface area contributed by atoms with E-state index in [-0.39, 0.29) is 0 Å². The molecule has 1 rings (SSSR count). The Bertz CT molecular complexity index is 396. The Labute approximate surface area is 92.1 Å². The van der Waals surface area contributed by atoms with Gasteiger partial charge in [-0.25, -0.2) is 0 Å². The topological polar surface area (TPSA) is 23.8 Å². The minimum atomic E-state index is 0.555. The fraction of sp³-hybridized carbons (Fsp3) is 0.357. The quantitative estimate of drug-likeness (QED) is 0.661. The standard InChI is InChI=1S/C14H17N/c1-10(2)14-11(3)8-13(6-5-7-15)9-12(14)4/h5-6,8-10H,1-4H3/b6-5+. The molecular weight excluding hydrogens is 182 g/mol. The van der Waals surface area contributed by atoms with Crippen molar-refractivity contribution in [2.24, 2.45) is 0 Å². The molecule has 0 aromatic heterocycles. The van der Waals surface area contributed by atoms with Crippen molar-refractivity contribution < 1.29 is 0 Å². The van der Waals surface area contributed by atoms with Crippen LogP contribution in [0.4, 0.5) is 0 Å². The molecule has 0 saturated heterocycles. The lowest BCUT2D eigenvalue weighted by atomic mass is 9.91.